The number of hydrogen-bond acceptors (Lipinski definition) is 1. The summed E-state index contributed by atoms with van der Waals surface area (Å²) in [6.07, 6.45) is 0. The summed E-state index contributed by atoms with van der Waals surface area (Å²) >= 11 is 0. The summed E-state index contributed by atoms with van der Waals surface area (Å²) in [5.74, 6) is -0.833. The fraction of sp³-hybridized carbons (Fsp3) is 0.500. The van der Waals surface area contributed by atoms with E-state index < -0.39 is 5.97 Å². The zero-order valence-corrected chi connectivity index (χ0v) is 4.36. The van der Waals surface area contributed by atoms with Crippen molar-refractivity contribution in [2.75, 3.05) is 0 Å². The summed E-state index contributed by atoms with van der Waals surface area (Å²) < 4.78 is 0. The molecule has 0 spiro atoms. The third-order valence-corrected chi connectivity index (χ3v) is 0. The zero-order valence-electron chi connectivity index (χ0n) is 4.36. The fourth-order valence-corrected chi connectivity index (χ4v) is 0. The van der Waals surface area contributed by atoms with Gasteiger partial charge in [-0.3, -0.25) is 4.79 Å². The average Bonchev–Trinajstić information content (AvgIpc) is 0.811. The van der Waals surface area contributed by atoms with Gasteiger partial charge in [0.25, 0.3) is 5.97 Å². The van der Waals surface area contributed by atoms with E-state index in [4.69, 9.17) is 9.90 Å². The number of rotatable bonds is 0. The van der Waals surface area contributed by atoms with Gasteiger partial charge in [-0.25, -0.2) is 0 Å². The third-order valence-electron chi connectivity index (χ3n) is 0. The van der Waals surface area contributed by atoms with E-state index in [1.165, 1.54) is 0 Å². The van der Waals surface area contributed by atoms with Gasteiger partial charge in [-0.15, -0.1) is 0 Å². The van der Waals surface area contributed by atoms with Crippen LogP contribution in [0.1, 0.15) is 6.92 Å². The summed E-state index contributed by atoms with van der Waals surface area (Å²) in [5.41, 5.74) is 0. The van der Waals surface area contributed by atoms with Crippen LogP contribution in [0.3, 0.4) is 0 Å². The van der Waals surface area contributed by atoms with Gasteiger partial charge in [0.15, 0.2) is 0 Å². The molecule has 8 heteroatoms. The first kappa shape index (κ1) is 61.9. The van der Waals surface area contributed by atoms with E-state index in [2.05, 4.69) is 0 Å². The van der Waals surface area contributed by atoms with Crippen LogP contribution in [0.4, 0.5) is 0 Å². The third kappa shape index (κ3) is 285. The van der Waals surface area contributed by atoms with Gasteiger partial charge < -0.3 is 27.0 Å². The molecule has 0 aromatic carbocycles. The van der Waals surface area contributed by atoms with Crippen molar-refractivity contribution in [2.24, 2.45) is 0 Å². The van der Waals surface area contributed by atoms with Crippen LogP contribution < -0.4 is 0 Å². The molecular weight excluding hydrogens is 183 g/mol. The molecule has 0 saturated heterocycles. The van der Waals surface area contributed by atoms with E-state index >= 15 is 0 Å². The number of carboxylic acids is 1. The molecule has 0 bridgehead atoms. The second-order valence-electron chi connectivity index (χ2n) is 0.519. The maximum absolute atomic E-state index is 9.00. The van der Waals surface area contributed by atoms with Crippen LogP contribution in [0.25, 0.3) is 0 Å². The first-order valence-electron chi connectivity index (χ1n) is 0.928. The molecule has 0 heterocycles. The molecule has 10 heavy (non-hydrogen) atoms. The van der Waals surface area contributed by atoms with E-state index in [1.54, 1.807) is 0 Å². The van der Waals surface area contributed by atoms with Crippen LogP contribution in [0, 0.1) is 0 Å². The Morgan fingerprint density at radius 2 is 1.10 bits per heavy atom. The molecule has 0 aliphatic heterocycles. The topological polar surface area (TPSA) is 163 Å². The molecule has 0 aromatic heterocycles. The number of carbonyl (C=O) groups is 1. The molecule has 0 fully saturated rings. The van der Waals surface area contributed by atoms with Crippen LogP contribution in [0.15, 0.2) is 0 Å². The Balaban J connectivity index is -0.00000000300. The maximum atomic E-state index is 9.00. The Kier molecular flexibility index (Phi) is 287. The average molecular weight is 198 g/mol. The predicted octanol–water partition coefficient (Wildman–Crippen LogP) is -4.77. The first-order chi connectivity index (χ1) is 1.73. The summed E-state index contributed by atoms with van der Waals surface area (Å²) in [7, 11) is 0. The van der Waals surface area contributed by atoms with Crippen LogP contribution in [0.2, 0.25) is 0 Å². The second-order valence-corrected chi connectivity index (χ2v) is 0.519. The minimum atomic E-state index is -0.833. The second kappa shape index (κ2) is 46.4. The van der Waals surface area contributed by atoms with Crippen molar-refractivity contribution >= 4 is 73.3 Å². The van der Waals surface area contributed by atoms with Crippen LogP contribution in [-0.2, 0) is 4.79 Å². The van der Waals surface area contributed by atoms with E-state index in [0.29, 0.717) is 0 Å². The number of hydrogen-bond donors (Lipinski definition) is 1. The molecule has 6 nitrogen and oxygen atoms in total. The molecule has 0 rings (SSSR count). The Morgan fingerprint density at radius 1 is 1.10 bits per heavy atom. The van der Waals surface area contributed by atoms with Gasteiger partial charge in [0.1, 0.15) is 0 Å². The van der Waals surface area contributed by atoms with Crippen molar-refractivity contribution in [2.45, 2.75) is 6.92 Å². The van der Waals surface area contributed by atoms with E-state index in [-0.39, 0.29) is 89.2 Å². The Labute approximate surface area is 111 Å². The van der Waals surface area contributed by atoms with Gasteiger partial charge in [0.2, 0.25) is 0 Å². The van der Waals surface area contributed by atoms with Gasteiger partial charge >= 0.3 is 67.3 Å². The van der Waals surface area contributed by atoms with Gasteiger partial charge in [0.05, 0.1) is 0 Å². The molecule has 9 N–H and O–H groups in total. The van der Waals surface area contributed by atoms with Crippen molar-refractivity contribution < 1.29 is 31.8 Å². The molecule has 0 radical (unpaired) electrons. The Morgan fingerprint density at radius 3 is 1.10 bits per heavy atom. The van der Waals surface area contributed by atoms with Crippen LogP contribution >= 0.6 is 0 Å². The van der Waals surface area contributed by atoms with Crippen molar-refractivity contribution in [3.05, 3.63) is 0 Å². The van der Waals surface area contributed by atoms with Crippen molar-refractivity contribution in [3.8, 4) is 0 Å². The minimum absolute atomic E-state index is 0. The van der Waals surface area contributed by atoms with E-state index in [0.717, 1.165) is 6.92 Å². The SMILES string of the molecule is CC(=O)O.O.O.O.O.[CaH2].[NaH]. The zero-order chi connectivity index (χ0) is 3.58. The summed E-state index contributed by atoms with van der Waals surface area (Å²) in [6.45, 7) is 1.08. The first-order valence-corrected chi connectivity index (χ1v) is 0.928. The quantitative estimate of drug-likeness (QED) is 0.386. The van der Waals surface area contributed by atoms with Crippen LogP contribution in [-0.4, -0.2) is 100 Å². The predicted molar refractivity (Wildman–Crippen MR) is 43.5 cm³/mol. The van der Waals surface area contributed by atoms with Gasteiger partial charge in [-0.2, -0.15) is 0 Å². The van der Waals surface area contributed by atoms with Crippen molar-refractivity contribution in [3.63, 3.8) is 0 Å². The Bertz CT molecular complexity index is 38.7. The van der Waals surface area contributed by atoms with Gasteiger partial charge in [-0.1, -0.05) is 0 Å². The van der Waals surface area contributed by atoms with Gasteiger partial charge in [-0.05, 0) is 0 Å². The molecule has 62 valence electrons. The molecule has 0 aliphatic carbocycles. The Hall–Kier alpha value is 1.57. The summed E-state index contributed by atoms with van der Waals surface area (Å²) in [5, 5.41) is 7.42. The van der Waals surface area contributed by atoms with E-state index in [1.807, 2.05) is 0 Å². The summed E-state index contributed by atoms with van der Waals surface area (Å²) in [4.78, 5) is 9.00. The molecule has 0 atom stereocenters. The normalized spacial score (nSPS) is 2.50. The van der Waals surface area contributed by atoms with Gasteiger partial charge in [0, 0.05) is 6.92 Å². The van der Waals surface area contributed by atoms with Crippen molar-refractivity contribution in [1.82, 2.24) is 0 Å². The molecule has 0 saturated carbocycles. The molecular formula is C2H15CaNaO6. The molecule has 0 aliphatic rings. The fourth-order valence-electron chi connectivity index (χ4n) is 0. The summed E-state index contributed by atoms with van der Waals surface area (Å²) in [6, 6.07) is 0. The van der Waals surface area contributed by atoms with E-state index in [9.17, 15) is 0 Å². The standard InChI is InChI=1S/C2H4O2.Ca.Na.4H2O.3H/c1-2(3)4;;;;;;;;;/h1H3,(H,3,4);;;4*1H2;;;. The monoisotopic (exact) mass is 198 g/mol. The van der Waals surface area contributed by atoms with Crippen LogP contribution in [0.5, 0.6) is 0 Å². The molecule has 0 aromatic rings. The molecule has 0 amide bonds. The number of aliphatic carboxylic acids is 1. The number of carboxylic acid groups (broad SMARTS) is 1. The van der Waals surface area contributed by atoms with Crippen molar-refractivity contribution in [1.29, 1.82) is 0 Å². The molecule has 0 unspecified atom stereocenters.